The highest BCUT2D eigenvalue weighted by Gasteiger charge is 2.39. The predicted octanol–water partition coefficient (Wildman–Crippen LogP) is 4.10. The van der Waals surface area contributed by atoms with Gasteiger partial charge in [0.1, 0.15) is 0 Å². The maximum Gasteiger partial charge on any atom is 0.0897 e. The standard InChI is InChI=1S/C17H30N2OS/c1-4-11-18-16(12-15-13-21-14(2)19-15)17(20-3)9-7-5-6-8-10-17/h13,16,18H,4-12H2,1-3H3. The van der Waals surface area contributed by atoms with Crippen LogP contribution in [0.4, 0.5) is 0 Å². The molecule has 1 aromatic heterocycles. The van der Waals surface area contributed by atoms with E-state index in [9.17, 15) is 0 Å². The van der Waals surface area contributed by atoms with E-state index in [4.69, 9.17) is 4.74 Å². The highest BCUT2D eigenvalue weighted by atomic mass is 32.1. The Balaban J connectivity index is 2.14. The summed E-state index contributed by atoms with van der Waals surface area (Å²) in [7, 11) is 1.90. The van der Waals surface area contributed by atoms with Crippen LogP contribution in [0.5, 0.6) is 0 Å². The summed E-state index contributed by atoms with van der Waals surface area (Å²) in [4.78, 5) is 4.67. The van der Waals surface area contributed by atoms with Crippen LogP contribution in [-0.2, 0) is 11.2 Å². The molecule has 1 unspecified atom stereocenters. The summed E-state index contributed by atoms with van der Waals surface area (Å²) in [5.74, 6) is 0. The molecule has 1 heterocycles. The van der Waals surface area contributed by atoms with Gasteiger partial charge in [0.2, 0.25) is 0 Å². The van der Waals surface area contributed by atoms with E-state index < -0.39 is 0 Å². The Morgan fingerprint density at radius 2 is 2.05 bits per heavy atom. The topological polar surface area (TPSA) is 34.2 Å². The first-order chi connectivity index (χ1) is 10.2. The van der Waals surface area contributed by atoms with E-state index in [-0.39, 0.29) is 5.60 Å². The normalized spacial score (nSPS) is 20.1. The minimum Gasteiger partial charge on any atom is -0.377 e. The van der Waals surface area contributed by atoms with Gasteiger partial charge < -0.3 is 10.1 Å². The van der Waals surface area contributed by atoms with Crippen molar-refractivity contribution in [3.8, 4) is 0 Å². The van der Waals surface area contributed by atoms with Crippen molar-refractivity contribution in [2.75, 3.05) is 13.7 Å². The van der Waals surface area contributed by atoms with Crippen molar-refractivity contribution >= 4 is 11.3 Å². The lowest BCUT2D eigenvalue weighted by Crippen LogP contribution is -2.53. The number of ether oxygens (including phenoxy) is 1. The average molecular weight is 311 g/mol. The number of nitrogens with one attached hydrogen (secondary N) is 1. The molecule has 1 N–H and O–H groups in total. The summed E-state index contributed by atoms with van der Waals surface area (Å²) in [6.07, 6.45) is 9.76. The van der Waals surface area contributed by atoms with Crippen molar-refractivity contribution in [1.29, 1.82) is 0 Å². The maximum atomic E-state index is 6.11. The molecule has 1 aliphatic rings. The smallest absolute Gasteiger partial charge is 0.0897 e. The second kappa shape index (κ2) is 8.25. The Labute approximate surface area is 133 Å². The van der Waals surface area contributed by atoms with Crippen molar-refractivity contribution in [3.63, 3.8) is 0 Å². The van der Waals surface area contributed by atoms with Gasteiger partial charge in [-0.1, -0.05) is 32.6 Å². The Morgan fingerprint density at radius 1 is 1.33 bits per heavy atom. The van der Waals surface area contributed by atoms with Gasteiger partial charge in [-0.15, -0.1) is 11.3 Å². The van der Waals surface area contributed by atoms with Gasteiger partial charge in [-0.2, -0.15) is 0 Å². The molecule has 0 aromatic carbocycles. The molecule has 1 fully saturated rings. The van der Waals surface area contributed by atoms with Crippen LogP contribution in [0, 0.1) is 6.92 Å². The quantitative estimate of drug-likeness (QED) is 0.770. The minimum atomic E-state index is -0.0107. The van der Waals surface area contributed by atoms with E-state index in [0.29, 0.717) is 6.04 Å². The first-order valence-electron chi connectivity index (χ1n) is 8.40. The number of hydrogen-bond donors (Lipinski definition) is 1. The van der Waals surface area contributed by atoms with E-state index in [2.05, 4.69) is 29.5 Å². The molecule has 2 rings (SSSR count). The first-order valence-corrected chi connectivity index (χ1v) is 9.27. The molecule has 4 heteroatoms. The summed E-state index contributed by atoms with van der Waals surface area (Å²) in [5, 5.41) is 7.12. The number of thiazole rings is 1. The zero-order chi connectivity index (χ0) is 15.1. The van der Waals surface area contributed by atoms with Crippen molar-refractivity contribution in [1.82, 2.24) is 10.3 Å². The van der Waals surface area contributed by atoms with Crippen LogP contribution >= 0.6 is 11.3 Å². The molecule has 3 nitrogen and oxygen atoms in total. The van der Waals surface area contributed by atoms with Crippen molar-refractivity contribution < 1.29 is 4.74 Å². The lowest BCUT2D eigenvalue weighted by atomic mass is 9.83. The van der Waals surface area contributed by atoms with Gasteiger partial charge >= 0.3 is 0 Å². The third-order valence-electron chi connectivity index (χ3n) is 4.71. The van der Waals surface area contributed by atoms with E-state index in [0.717, 1.165) is 24.4 Å². The number of methoxy groups -OCH3 is 1. The fourth-order valence-corrected chi connectivity index (χ4v) is 4.12. The van der Waals surface area contributed by atoms with Crippen molar-refractivity contribution in [2.24, 2.45) is 0 Å². The fourth-order valence-electron chi connectivity index (χ4n) is 3.50. The molecule has 120 valence electrons. The van der Waals surface area contributed by atoms with E-state index >= 15 is 0 Å². The van der Waals surface area contributed by atoms with Gasteiger partial charge in [-0.25, -0.2) is 4.98 Å². The molecule has 1 aliphatic carbocycles. The molecule has 0 saturated heterocycles. The molecular formula is C17H30N2OS. The van der Waals surface area contributed by atoms with Crippen LogP contribution in [0.1, 0.15) is 62.6 Å². The number of aromatic nitrogens is 1. The highest BCUT2D eigenvalue weighted by Crippen LogP contribution is 2.34. The Hall–Kier alpha value is -0.450. The molecule has 1 atom stereocenters. The SMILES string of the molecule is CCCNC(Cc1csc(C)n1)C1(OC)CCCCCC1. The minimum absolute atomic E-state index is 0.0107. The average Bonchev–Trinajstić information content (AvgIpc) is 2.76. The molecule has 1 aromatic rings. The predicted molar refractivity (Wildman–Crippen MR) is 90.1 cm³/mol. The summed E-state index contributed by atoms with van der Waals surface area (Å²) in [6, 6.07) is 0.377. The lowest BCUT2D eigenvalue weighted by Gasteiger charge is -2.40. The molecule has 0 aliphatic heterocycles. The summed E-state index contributed by atoms with van der Waals surface area (Å²) in [6.45, 7) is 5.36. The molecule has 0 radical (unpaired) electrons. The van der Waals surface area contributed by atoms with Crippen LogP contribution in [0.15, 0.2) is 5.38 Å². The second-order valence-corrected chi connectivity index (χ2v) is 7.31. The summed E-state index contributed by atoms with van der Waals surface area (Å²) in [5.41, 5.74) is 1.20. The molecule has 0 bridgehead atoms. The molecule has 0 amide bonds. The van der Waals surface area contributed by atoms with Crippen LogP contribution in [0.2, 0.25) is 0 Å². The van der Waals surface area contributed by atoms with Crippen LogP contribution in [0.3, 0.4) is 0 Å². The first kappa shape index (κ1) is 16.9. The van der Waals surface area contributed by atoms with E-state index in [1.165, 1.54) is 44.2 Å². The van der Waals surface area contributed by atoms with Gasteiger partial charge in [0.25, 0.3) is 0 Å². The summed E-state index contributed by atoms with van der Waals surface area (Å²) < 4.78 is 6.11. The molecule has 1 saturated carbocycles. The largest absolute Gasteiger partial charge is 0.377 e. The third-order valence-corrected chi connectivity index (χ3v) is 5.53. The van der Waals surface area contributed by atoms with Crippen molar-refractivity contribution in [2.45, 2.75) is 76.9 Å². The number of rotatable bonds is 7. The Kier molecular flexibility index (Phi) is 6.65. The zero-order valence-electron chi connectivity index (χ0n) is 13.8. The molecule has 21 heavy (non-hydrogen) atoms. The van der Waals surface area contributed by atoms with Gasteiger partial charge in [0.15, 0.2) is 0 Å². The Morgan fingerprint density at radius 3 is 2.57 bits per heavy atom. The molecular weight excluding hydrogens is 280 g/mol. The molecule has 0 spiro atoms. The number of nitrogens with zero attached hydrogens (tertiary/aromatic N) is 1. The number of aryl methyl sites for hydroxylation is 1. The zero-order valence-corrected chi connectivity index (χ0v) is 14.6. The van der Waals surface area contributed by atoms with Crippen LogP contribution < -0.4 is 5.32 Å². The van der Waals surface area contributed by atoms with E-state index in [1.54, 1.807) is 11.3 Å². The van der Waals surface area contributed by atoms with Crippen LogP contribution in [0.25, 0.3) is 0 Å². The number of hydrogen-bond acceptors (Lipinski definition) is 4. The van der Waals surface area contributed by atoms with Crippen LogP contribution in [-0.4, -0.2) is 30.3 Å². The summed E-state index contributed by atoms with van der Waals surface area (Å²) >= 11 is 1.75. The lowest BCUT2D eigenvalue weighted by molar-refractivity contribution is -0.0527. The fraction of sp³-hybridized carbons (Fsp3) is 0.824. The maximum absolute atomic E-state index is 6.11. The second-order valence-electron chi connectivity index (χ2n) is 6.25. The monoisotopic (exact) mass is 310 g/mol. The Bertz CT molecular complexity index is 411. The van der Waals surface area contributed by atoms with Gasteiger partial charge in [-0.3, -0.25) is 0 Å². The van der Waals surface area contributed by atoms with Gasteiger partial charge in [-0.05, 0) is 32.7 Å². The highest BCUT2D eigenvalue weighted by molar-refractivity contribution is 7.09. The van der Waals surface area contributed by atoms with Gasteiger partial charge in [0, 0.05) is 25.0 Å². The van der Waals surface area contributed by atoms with Crippen molar-refractivity contribution in [3.05, 3.63) is 16.1 Å². The third kappa shape index (κ3) is 4.51. The van der Waals surface area contributed by atoms with Gasteiger partial charge in [0.05, 0.1) is 16.3 Å². The van der Waals surface area contributed by atoms with E-state index in [1.807, 2.05) is 7.11 Å².